The van der Waals surface area contributed by atoms with Gasteiger partial charge in [0.05, 0.1) is 49.3 Å². The van der Waals surface area contributed by atoms with Gasteiger partial charge in [0.15, 0.2) is 18.4 Å². The highest BCUT2D eigenvalue weighted by molar-refractivity contribution is 5.78. The quantitative estimate of drug-likeness (QED) is 0.204. The Kier molecular flexibility index (Phi) is 15.1. The Balaban J connectivity index is 1.08. The van der Waals surface area contributed by atoms with Gasteiger partial charge in [-0.15, -0.1) is 0 Å². The molecule has 0 radical (unpaired) electrons. The second-order valence-electron chi connectivity index (χ2n) is 20.0. The van der Waals surface area contributed by atoms with E-state index in [4.69, 9.17) is 47.4 Å². The summed E-state index contributed by atoms with van der Waals surface area (Å²) >= 11 is 0. The van der Waals surface area contributed by atoms with Gasteiger partial charge in [0.1, 0.15) is 42.0 Å². The molecule has 4 saturated heterocycles. The van der Waals surface area contributed by atoms with Gasteiger partial charge in [-0.1, -0.05) is 69.6 Å². The van der Waals surface area contributed by atoms with Crippen LogP contribution in [0.5, 0.6) is 0 Å². The van der Waals surface area contributed by atoms with E-state index in [1.165, 1.54) is 19.3 Å². The summed E-state index contributed by atoms with van der Waals surface area (Å²) in [5.41, 5.74) is 0.166. The number of carbonyl (C=O) groups excluding carboxylic acids is 1. The summed E-state index contributed by atoms with van der Waals surface area (Å²) in [4.78, 5) is 14.4. The molecule has 3 N–H and O–H groups in total. The SMILES string of the molecule is CO[C@H]1C[C@H](O[C@H]2[C@H](C)O[C@@H](O[C@@H]3/C(C)=C/C[C@@H]4C[C@@H](C[C@]5(C=C[C@H](C)[C@@H](C6CCCCC6)O5)O4)OC(=O)[C@@H]4C=C(C)[C@@H](O)[C@H]5OC/C(=C\C=C\[C@@H]3C)[C@]54O)C[C@@H]2OC)O[C@@H](C)[C@@H]1O. The molecule has 8 rings (SSSR count). The third-order valence-corrected chi connectivity index (χ3v) is 15.4. The molecule has 64 heavy (non-hydrogen) atoms. The van der Waals surface area contributed by atoms with Gasteiger partial charge in [-0.2, -0.15) is 0 Å². The summed E-state index contributed by atoms with van der Waals surface area (Å²) in [6.07, 6.45) is 13.8. The zero-order chi connectivity index (χ0) is 45.5. The van der Waals surface area contributed by atoms with Crippen molar-refractivity contribution in [3.63, 3.8) is 0 Å². The number of rotatable bonds is 7. The first-order valence-corrected chi connectivity index (χ1v) is 24.0. The maximum Gasteiger partial charge on any atom is 0.316 e. The van der Waals surface area contributed by atoms with E-state index in [0.29, 0.717) is 49.2 Å². The van der Waals surface area contributed by atoms with Gasteiger partial charge in [-0.05, 0) is 75.7 Å². The van der Waals surface area contributed by atoms with Gasteiger partial charge < -0.3 is 62.7 Å². The molecule has 0 unspecified atom stereocenters. The van der Waals surface area contributed by atoms with Gasteiger partial charge in [0.25, 0.3) is 0 Å². The Labute approximate surface area is 379 Å². The lowest BCUT2D eigenvalue weighted by Gasteiger charge is -2.49. The molecule has 1 saturated carbocycles. The van der Waals surface area contributed by atoms with E-state index in [1.54, 1.807) is 40.2 Å². The molecule has 14 heteroatoms. The highest BCUT2D eigenvalue weighted by Gasteiger charge is 2.60. The van der Waals surface area contributed by atoms with E-state index < -0.39 is 90.8 Å². The summed E-state index contributed by atoms with van der Waals surface area (Å²) in [6, 6.07) is 0. The van der Waals surface area contributed by atoms with Crippen LogP contribution in [0.25, 0.3) is 0 Å². The van der Waals surface area contributed by atoms with Crippen LogP contribution in [0.1, 0.15) is 106 Å². The van der Waals surface area contributed by atoms with Gasteiger partial charge >= 0.3 is 5.97 Å². The van der Waals surface area contributed by atoms with Crippen molar-refractivity contribution in [1.82, 2.24) is 0 Å². The zero-order valence-corrected chi connectivity index (χ0v) is 39.0. The molecule has 6 heterocycles. The van der Waals surface area contributed by atoms with Crippen LogP contribution in [0, 0.1) is 23.7 Å². The molecule has 0 aromatic heterocycles. The lowest BCUT2D eigenvalue weighted by molar-refractivity contribution is -0.318. The number of methoxy groups -OCH3 is 2. The monoisotopic (exact) mass is 899 g/mol. The minimum Gasteiger partial charge on any atom is -0.462 e. The Morgan fingerprint density at radius 3 is 2.28 bits per heavy atom. The van der Waals surface area contributed by atoms with Crippen molar-refractivity contribution in [1.29, 1.82) is 0 Å². The highest BCUT2D eigenvalue weighted by atomic mass is 16.7. The van der Waals surface area contributed by atoms with Crippen molar-refractivity contribution >= 4 is 5.97 Å². The summed E-state index contributed by atoms with van der Waals surface area (Å²) in [7, 11) is 3.23. The van der Waals surface area contributed by atoms with Crippen molar-refractivity contribution in [2.24, 2.45) is 23.7 Å². The Hall–Kier alpha value is -2.31. The molecule has 1 spiro atoms. The molecule has 8 aliphatic rings. The van der Waals surface area contributed by atoms with Crippen molar-refractivity contribution in [2.45, 2.75) is 203 Å². The fraction of sp³-hybridized carbons (Fsp3) is 0.780. The number of hydrogen-bond donors (Lipinski definition) is 3. The first-order chi connectivity index (χ1) is 30.6. The van der Waals surface area contributed by atoms with E-state index in [2.05, 4.69) is 32.9 Å². The number of hydrogen-bond acceptors (Lipinski definition) is 14. The van der Waals surface area contributed by atoms with Crippen LogP contribution in [-0.2, 0) is 52.2 Å². The fourth-order valence-corrected chi connectivity index (χ4v) is 11.7. The first kappa shape index (κ1) is 48.2. The number of fused-ring (bicyclic) bond motifs is 2. The zero-order valence-electron chi connectivity index (χ0n) is 39.0. The van der Waals surface area contributed by atoms with E-state index in [9.17, 15) is 20.1 Å². The second kappa shape index (κ2) is 20.1. The largest absolute Gasteiger partial charge is 0.462 e. The molecule has 0 aromatic rings. The van der Waals surface area contributed by atoms with Crippen LogP contribution in [0.15, 0.2) is 59.3 Å². The Bertz CT molecular complexity index is 1790. The number of ether oxygens (including phenoxy) is 10. The lowest BCUT2D eigenvalue weighted by Crippen LogP contribution is -2.58. The topological polar surface area (TPSA) is 170 Å². The molecular weight excluding hydrogens is 825 g/mol. The second-order valence-corrected chi connectivity index (χ2v) is 20.0. The van der Waals surface area contributed by atoms with Crippen LogP contribution in [0.4, 0.5) is 0 Å². The minimum atomic E-state index is -1.83. The van der Waals surface area contributed by atoms with Gasteiger partial charge in [-0.3, -0.25) is 4.79 Å². The van der Waals surface area contributed by atoms with Crippen molar-refractivity contribution in [3.8, 4) is 0 Å². The third kappa shape index (κ3) is 9.82. The molecular formula is C50H74O14. The maximum absolute atomic E-state index is 14.4. The molecule has 358 valence electrons. The molecule has 0 aromatic carbocycles. The predicted molar refractivity (Wildman–Crippen MR) is 234 cm³/mol. The molecule has 5 fully saturated rings. The van der Waals surface area contributed by atoms with E-state index in [0.717, 1.165) is 18.4 Å². The standard InChI is InChI=1S/C50H74O14/c1-27-13-12-16-34-26-57-47-42(51)30(4)21-37(50(34,47)54)48(53)60-36-22-35(63-49(25-36)20-19-29(3)45(64-49)33-14-10-9-11-15-33)18-17-28(2)44(27)61-41-24-39(56-8)46(32(6)59-41)62-40-23-38(55-7)43(52)31(5)58-40/h12-13,16-17,19-21,27,29,31-33,35-47,51-52,54H,9-11,14-15,18,22-26H2,1-8H3/b13-12+,28-17+,34-16+/t27-,29-,31-,32-,35+,36-,37-,38-,39-,40-,41-,42+,43-,44-,45-,46-,47+,49+,50+/m0/s1. The summed E-state index contributed by atoms with van der Waals surface area (Å²) in [6.45, 7) is 11.9. The molecule has 0 amide bonds. The van der Waals surface area contributed by atoms with Crippen LogP contribution in [-0.4, -0.2) is 139 Å². The van der Waals surface area contributed by atoms with Gasteiger partial charge in [0.2, 0.25) is 0 Å². The predicted octanol–water partition coefficient (Wildman–Crippen LogP) is 5.91. The van der Waals surface area contributed by atoms with Crippen molar-refractivity contribution in [3.05, 3.63) is 59.3 Å². The number of esters is 1. The smallest absolute Gasteiger partial charge is 0.316 e. The summed E-state index contributed by atoms with van der Waals surface area (Å²) in [5, 5.41) is 34.3. The van der Waals surface area contributed by atoms with Crippen LogP contribution in [0.3, 0.4) is 0 Å². The van der Waals surface area contributed by atoms with Crippen LogP contribution >= 0.6 is 0 Å². The normalized spacial score (nSPS) is 49.2. The van der Waals surface area contributed by atoms with Crippen molar-refractivity contribution in [2.75, 3.05) is 20.8 Å². The Morgan fingerprint density at radius 2 is 1.53 bits per heavy atom. The number of allylic oxidation sites excluding steroid dienone is 2. The molecule has 2 aliphatic carbocycles. The average Bonchev–Trinajstić information content (AvgIpc) is 3.62. The number of carbonyl (C=O) groups is 1. The van der Waals surface area contributed by atoms with Gasteiger partial charge in [-0.25, -0.2) is 0 Å². The molecule has 2 bridgehead atoms. The van der Waals surface area contributed by atoms with E-state index in [1.807, 2.05) is 25.2 Å². The van der Waals surface area contributed by atoms with Crippen LogP contribution in [0.2, 0.25) is 0 Å². The average molecular weight is 899 g/mol. The molecule has 14 nitrogen and oxygen atoms in total. The summed E-state index contributed by atoms with van der Waals surface area (Å²) in [5.74, 6) is -2.32. The van der Waals surface area contributed by atoms with Crippen molar-refractivity contribution < 1.29 is 67.5 Å². The Morgan fingerprint density at radius 1 is 0.812 bits per heavy atom. The molecule has 6 aliphatic heterocycles. The van der Waals surface area contributed by atoms with Gasteiger partial charge in [0, 0.05) is 51.7 Å². The third-order valence-electron chi connectivity index (χ3n) is 15.4. The molecule has 19 atom stereocenters. The van der Waals surface area contributed by atoms with Crippen LogP contribution < -0.4 is 0 Å². The number of aliphatic hydroxyl groups is 3. The lowest BCUT2D eigenvalue weighted by atomic mass is 9.71. The van der Waals surface area contributed by atoms with E-state index in [-0.39, 0.29) is 36.8 Å². The van der Waals surface area contributed by atoms with E-state index >= 15 is 0 Å². The fourth-order valence-electron chi connectivity index (χ4n) is 11.7. The highest BCUT2D eigenvalue weighted by Crippen LogP contribution is 2.48. The number of aliphatic hydroxyl groups excluding tert-OH is 2. The summed E-state index contributed by atoms with van der Waals surface area (Å²) < 4.78 is 64.1. The minimum absolute atomic E-state index is 0.0242. The first-order valence-electron chi connectivity index (χ1n) is 24.0. The maximum atomic E-state index is 14.4.